The predicted octanol–water partition coefficient (Wildman–Crippen LogP) is 5.47. The number of benzene rings is 2. The first-order valence-corrected chi connectivity index (χ1v) is 9.43. The summed E-state index contributed by atoms with van der Waals surface area (Å²) in [6.07, 6.45) is 4.66. The van der Waals surface area contributed by atoms with Gasteiger partial charge in [-0.1, -0.05) is 55.1 Å². The Kier molecular flexibility index (Phi) is 5.79. The van der Waals surface area contributed by atoms with Crippen LogP contribution in [0.15, 0.2) is 66.5 Å². The molecule has 1 heterocycles. The van der Waals surface area contributed by atoms with Crippen molar-refractivity contribution in [2.45, 2.75) is 39.5 Å². The van der Waals surface area contributed by atoms with Crippen molar-refractivity contribution >= 4 is 0 Å². The summed E-state index contributed by atoms with van der Waals surface area (Å²) in [7, 11) is 0. The van der Waals surface area contributed by atoms with Crippen molar-refractivity contribution in [2.75, 3.05) is 13.1 Å². The summed E-state index contributed by atoms with van der Waals surface area (Å²) in [5.41, 5.74) is 10.3. The van der Waals surface area contributed by atoms with Gasteiger partial charge < -0.3 is 4.90 Å². The van der Waals surface area contributed by atoms with Crippen LogP contribution in [0.2, 0.25) is 0 Å². The molecule has 1 aliphatic heterocycles. The normalized spacial score (nSPS) is 17.0. The molecule has 3 rings (SSSR count). The topological polar surface area (TPSA) is 3.24 Å². The molecule has 0 aromatic heterocycles. The summed E-state index contributed by atoms with van der Waals surface area (Å²) >= 11 is 0. The highest BCUT2D eigenvalue weighted by Gasteiger charge is 2.28. The van der Waals surface area contributed by atoms with E-state index in [1.54, 1.807) is 0 Å². The number of nitrogens with zero attached hydrogens (tertiary/aromatic N) is 1. The molecule has 0 radical (unpaired) electrons. The fourth-order valence-electron chi connectivity index (χ4n) is 4.05. The smallest absolute Gasteiger partial charge is 0.0593 e. The molecule has 25 heavy (non-hydrogen) atoms. The van der Waals surface area contributed by atoms with Crippen molar-refractivity contribution in [1.82, 2.24) is 4.90 Å². The minimum Gasteiger partial charge on any atom is -0.368 e. The molecule has 0 N–H and O–H groups in total. The summed E-state index contributed by atoms with van der Waals surface area (Å²) in [5.74, 6) is 0.564. The van der Waals surface area contributed by atoms with Crippen molar-refractivity contribution in [1.29, 1.82) is 0 Å². The number of aryl methyl sites for hydroxylation is 3. The number of hydrogen-bond acceptors (Lipinski definition) is 1. The average Bonchev–Trinajstić information content (AvgIpc) is 3.01. The maximum atomic E-state index is 3.99. The van der Waals surface area contributed by atoms with Crippen molar-refractivity contribution in [3.8, 4) is 0 Å². The second-order valence-electron chi connectivity index (χ2n) is 7.20. The molecule has 1 aliphatic rings. The van der Waals surface area contributed by atoms with Crippen LogP contribution >= 0.6 is 0 Å². The molecule has 0 amide bonds. The molecule has 1 heteroatoms. The minimum absolute atomic E-state index is 0.564. The summed E-state index contributed by atoms with van der Waals surface area (Å²) in [5, 5.41) is 0. The fraction of sp³-hybridized carbons (Fsp3) is 0.375. The van der Waals surface area contributed by atoms with Crippen LogP contribution in [0.4, 0.5) is 0 Å². The van der Waals surface area contributed by atoms with Crippen LogP contribution in [0.3, 0.4) is 0 Å². The van der Waals surface area contributed by atoms with E-state index in [-0.39, 0.29) is 0 Å². The van der Waals surface area contributed by atoms with E-state index in [4.69, 9.17) is 0 Å². The lowest BCUT2D eigenvalue weighted by Gasteiger charge is -2.21. The molecule has 130 valence electrons. The van der Waals surface area contributed by atoms with Gasteiger partial charge in [-0.25, -0.2) is 0 Å². The van der Waals surface area contributed by atoms with Crippen molar-refractivity contribution in [3.05, 3.63) is 88.8 Å². The van der Waals surface area contributed by atoms with E-state index in [0.29, 0.717) is 5.92 Å². The van der Waals surface area contributed by atoms with Crippen LogP contribution in [0.25, 0.3) is 0 Å². The molecule has 0 spiro atoms. The number of rotatable bonds is 6. The van der Waals surface area contributed by atoms with Crippen LogP contribution in [0.5, 0.6) is 0 Å². The molecule has 1 atom stereocenters. The quantitative estimate of drug-likeness (QED) is 0.634. The lowest BCUT2D eigenvalue weighted by molar-refractivity contribution is 0.382. The third-order valence-corrected chi connectivity index (χ3v) is 5.49. The Morgan fingerprint density at radius 3 is 2.44 bits per heavy atom. The molecule has 1 unspecified atom stereocenters. The number of hydrogen-bond donors (Lipinski definition) is 0. The zero-order valence-corrected chi connectivity index (χ0v) is 15.6. The van der Waals surface area contributed by atoms with Gasteiger partial charge in [0, 0.05) is 19.0 Å². The standard InChI is InChI=1S/C24H29N/c1-4-24-22(18-23-19(2)10-8-11-20(23)3)15-17-25(24)16-9-14-21-12-6-5-7-13-21/h5-8,10-13,22H,1,9,14-18H2,2-3H3. The highest BCUT2D eigenvalue weighted by Crippen LogP contribution is 2.32. The monoisotopic (exact) mass is 331 g/mol. The van der Waals surface area contributed by atoms with E-state index < -0.39 is 0 Å². The Bertz CT molecular complexity index is 733. The van der Waals surface area contributed by atoms with E-state index in [1.165, 1.54) is 40.8 Å². The lowest BCUT2D eigenvalue weighted by atomic mass is 9.91. The summed E-state index contributed by atoms with van der Waals surface area (Å²) in [6, 6.07) is 17.4. The summed E-state index contributed by atoms with van der Waals surface area (Å²) < 4.78 is 0. The molecule has 1 saturated heterocycles. The van der Waals surface area contributed by atoms with Crippen LogP contribution in [-0.4, -0.2) is 18.0 Å². The predicted molar refractivity (Wildman–Crippen MR) is 107 cm³/mol. The largest absolute Gasteiger partial charge is 0.368 e. The Morgan fingerprint density at radius 2 is 1.76 bits per heavy atom. The van der Waals surface area contributed by atoms with Gasteiger partial charge in [-0.05, 0) is 61.8 Å². The van der Waals surface area contributed by atoms with Gasteiger partial charge in [-0.2, -0.15) is 0 Å². The SMILES string of the molecule is C=C=C1C(Cc2c(C)cccc2C)CCN1CCCc1ccccc1. The maximum Gasteiger partial charge on any atom is 0.0593 e. The molecule has 2 aromatic rings. The zero-order chi connectivity index (χ0) is 17.6. The maximum absolute atomic E-state index is 3.99. The van der Waals surface area contributed by atoms with Gasteiger partial charge in [0.25, 0.3) is 0 Å². The molecule has 1 nitrogen and oxygen atoms in total. The molecule has 0 aliphatic carbocycles. The highest BCUT2D eigenvalue weighted by atomic mass is 15.2. The number of likely N-dealkylation sites (tertiary alicyclic amines) is 1. The Hall–Kier alpha value is -2.24. The van der Waals surface area contributed by atoms with Crippen molar-refractivity contribution in [3.63, 3.8) is 0 Å². The van der Waals surface area contributed by atoms with Crippen LogP contribution in [-0.2, 0) is 12.8 Å². The van der Waals surface area contributed by atoms with E-state index in [2.05, 4.69) is 79.6 Å². The summed E-state index contributed by atoms with van der Waals surface area (Å²) in [4.78, 5) is 2.51. The van der Waals surface area contributed by atoms with E-state index >= 15 is 0 Å². The molecular formula is C24H29N. The lowest BCUT2D eigenvalue weighted by Crippen LogP contribution is -2.20. The molecule has 1 fully saturated rings. The minimum atomic E-state index is 0.564. The second kappa shape index (κ2) is 8.23. The van der Waals surface area contributed by atoms with E-state index in [1.807, 2.05) is 0 Å². The van der Waals surface area contributed by atoms with Gasteiger partial charge in [0.1, 0.15) is 0 Å². The molecule has 0 bridgehead atoms. The summed E-state index contributed by atoms with van der Waals surface area (Å²) in [6.45, 7) is 10.7. The van der Waals surface area contributed by atoms with Gasteiger partial charge in [-0.3, -0.25) is 0 Å². The second-order valence-corrected chi connectivity index (χ2v) is 7.20. The van der Waals surface area contributed by atoms with Gasteiger partial charge in [0.05, 0.1) is 5.70 Å². The molecular weight excluding hydrogens is 302 g/mol. The molecule has 0 saturated carbocycles. The van der Waals surface area contributed by atoms with Gasteiger partial charge in [0.15, 0.2) is 0 Å². The van der Waals surface area contributed by atoms with E-state index in [9.17, 15) is 0 Å². The van der Waals surface area contributed by atoms with E-state index in [0.717, 1.165) is 25.9 Å². The number of allylic oxidation sites excluding steroid dienone is 1. The first kappa shape index (κ1) is 17.6. The zero-order valence-electron chi connectivity index (χ0n) is 15.6. The third kappa shape index (κ3) is 4.24. The Labute approximate surface area is 152 Å². The van der Waals surface area contributed by atoms with Gasteiger partial charge in [-0.15, -0.1) is 5.73 Å². The van der Waals surface area contributed by atoms with Gasteiger partial charge >= 0.3 is 0 Å². The van der Waals surface area contributed by atoms with Crippen molar-refractivity contribution < 1.29 is 0 Å². The van der Waals surface area contributed by atoms with Crippen LogP contribution in [0, 0.1) is 19.8 Å². The van der Waals surface area contributed by atoms with Crippen LogP contribution in [0.1, 0.15) is 35.1 Å². The first-order valence-electron chi connectivity index (χ1n) is 9.43. The average molecular weight is 332 g/mol. The fourth-order valence-corrected chi connectivity index (χ4v) is 4.05. The Morgan fingerprint density at radius 1 is 1.04 bits per heavy atom. The highest BCUT2D eigenvalue weighted by molar-refractivity contribution is 5.35. The molecule has 2 aromatic carbocycles. The third-order valence-electron chi connectivity index (χ3n) is 5.49. The van der Waals surface area contributed by atoms with Gasteiger partial charge in [0.2, 0.25) is 0 Å². The first-order chi connectivity index (χ1) is 12.2. The van der Waals surface area contributed by atoms with Crippen LogP contribution < -0.4 is 0 Å². The van der Waals surface area contributed by atoms with Crippen molar-refractivity contribution in [2.24, 2.45) is 5.92 Å². The Balaban J connectivity index is 1.60.